The fraction of sp³-hybridized carbons (Fsp3) is 0.417. The van der Waals surface area contributed by atoms with Gasteiger partial charge in [-0.2, -0.15) is 16.7 Å². The molecule has 0 aromatic carbocycles. The van der Waals surface area contributed by atoms with E-state index in [0.29, 0.717) is 5.28 Å². The van der Waals surface area contributed by atoms with Gasteiger partial charge in [-0.3, -0.25) is 0 Å². The van der Waals surface area contributed by atoms with Crippen molar-refractivity contribution in [3.63, 3.8) is 0 Å². The first-order valence-corrected chi connectivity index (χ1v) is 7.41. The second kappa shape index (κ2) is 4.90. The van der Waals surface area contributed by atoms with Crippen LogP contribution in [-0.4, -0.2) is 39.5 Å². The number of hydrogen-bond donors (Lipinski definition) is 0. The Morgan fingerprint density at radius 3 is 2.72 bits per heavy atom. The fourth-order valence-electron chi connectivity index (χ4n) is 2.06. The third-order valence-electron chi connectivity index (χ3n) is 2.95. The number of aromatic nitrogens is 3. The van der Waals surface area contributed by atoms with Crippen LogP contribution in [0.25, 0.3) is 11.0 Å². The van der Waals surface area contributed by atoms with Gasteiger partial charge in [-0.1, -0.05) is 0 Å². The molecule has 0 atom stereocenters. The lowest BCUT2D eigenvalue weighted by Crippen LogP contribution is -2.33. The van der Waals surface area contributed by atoms with Crippen molar-refractivity contribution >= 4 is 40.2 Å². The van der Waals surface area contributed by atoms with E-state index in [9.17, 15) is 0 Å². The van der Waals surface area contributed by atoms with Crippen LogP contribution in [-0.2, 0) is 0 Å². The van der Waals surface area contributed by atoms with Crippen molar-refractivity contribution in [1.29, 1.82) is 0 Å². The van der Waals surface area contributed by atoms with Crippen LogP contribution in [0.1, 0.15) is 5.69 Å². The average Bonchev–Trinajstić information content (AvgIpc) is 2.39. The van der Waals surface area contributed by atoms with Crippen LogP contribution >= 0.6 is 23.4 Å². The maximum Gasteiger partial charge on any atom is 0.225 e. The molecule has 3 rings (SSSR count). The predicted octanol–water partition coefficient (Wildman–Crippen LogP) is 2.54. The zero-order chi connectivity index (χ0) is 12.5. The number of anilines is 1. The molecule has 1 fully saturated rings. The molecule has 0 spiro atoms. The van der Waals surface area contributed by atoms with E-state index in [1.807, 2.05) is 30.8 Å². The Labute approximate surface area is 115 Å². The molecule has 0 unspecified atom stereocenters. The first-order chi connectivity index (χ1) is 8.74. The second-order valence-electron chi connectivity index (χ2n) is 4.24. The van der Waals surface area contributed by atoms with Crippen molar-refractivity contribution in [2.75, 3.05) is 29.5 Å². The van der Waals surface area contributed by atoms with E-state index in [0.717, 1.165) is 47.1 Å². The standard InChI is InChI=1S/C12H13ClN4S/c1-8-2-3-9-10(14-8)11(16-12(13)15-9)17-4-6-18-7-5-17/h2-3H,4-7H2,1H3. The van der Waals surface area contributed by atoms with Crippen LogP contribution in [0, 0.1) is 6.92 Å². The lowest BCUT2D eigenvalue weighted by atomic mass is 10.3. The molecule has 0 amide bonds. The molecule has 0 N–H and O–H groups in total. The number of fused-ring (bicyclic) bond motifs is 1. The smallest absolute Gasteiger partial charge is 0.225 e. The summed E-state index contributed by atoms with van der Waals surface area (Å²) in [5.74, 6) is 3.11. The summed E-state index contributed by atoms with van der Waals surface area (Å²) in [6.45, 7) is 3.95. The zero-order valence-electron chi connectivity index (χ0n) is 10.1. The Morgan fingerprint density at radius 1 is 1.17 bits per heavy atom. The quantitative estimate of drug-likeness (QED) is 0.751. The van der Waals surface area contributed by atoms with Gasteiger partial charge >= 0.3 is 0 Å². The number of rotatable bonds is 1. The third-order valence-corrected chi connectivity index (χ3v) is 4.06. The van der Waals surface area contributed by atoms with Crippen molar-refractivity contribution in [1.82, 2.24) is 15.0 Å². The lowest BCUT2D eigenvalue weighted by Gasteiger charge is -2.27. The minimum atomic E-state index is 0.293. The fourth-order valence-corrected chi connectivity index (χ4v) is 3.14. The molecule has 0 bridgehead atoms. The number of pyridine rings is 1. The summed E-state index contributed by atoms with van der Waals surface area (Å²) in [5.41, 5.74) is 2.64. The average molecular weight is 281 g/mol. The van der Waals surface area contributed by atoms with Gasteiger partial charge in [0.05, 0.1) is 5.52 Å². The van der Waals surface area contributed by atoms with Gasteiger partial charge < -0.3 is 4.90 Å². The van der Waals surface area contributed by atoms with Gasteiger partial charge in [-0.25, -0.2) is 9.97 Å². The molecule has 2 aromatic heterocycles. The van der Waals surface area contributed by atoms with Gasteiger partial charge in [0.25, 0.3) is 0 Å². The maximum absolute atomic E-state index is 6.00. The molecule has 18 heavy (non-hydrogen) atoms. The lowest BCUT2D eigenvalue weighted by molar-refractivity contribution is 0.839. The first kappa shape index (κ1) is 12.0. The molecular formula is C12H13ClN4S. The Morgan fingerprint density at radius 2 is 1.94 bits per heavy atom. The summed E-state index contributed by atoms with van der Waals surface area (Å²) in [4.78, 5) is 15.4. The van der Waals surface area contributed by atoms with Crippen LogP contribution in [0.2, 0.25) is 5.28 Å². The van der Waals surface area contributed by atoms with Crippen LogP contribution < -0.4 is 4.90 Å². The molecule has 4 nitrogen and oxygen atoms in total. The van der Waals surface area contributed by atoms with Gasteiger partial charge in [0.2, 0.25) is 5.28 Å². The largest absolute Gasteiger partial charge is 0.353 e. The molecule has 6 heteroatoms. The molecule has 1 aliphatic heterocycles. The monoisotopic (exact) mass is 280 g/mol. The van der Waals surface area contributed by atoms with E-state index in [1.165, 1.54) is 0 Å². The van der Waals surface area contributed by atoms with Crippen LogP contribution in [0.4, 0.5) is 5.82 Å². The second-order valence-corrected chi connectivity index (χ2v) is 5.80. The summed E-state index contributed by atoms with van der Waals surface area (Å²) in [5, 5.41) is 0.293. The van der Waals surface area contributed by atoms with Crippen LogP contribution in [0.5, 0.6) is 0 Å². The van der Waals surface area contributed by atoms with Gasteiger partial charge in [0, 0.05) is 30.3 Å². The highest BCUT2D eigenvalue weighted by Gasteiger charge is 2.17. The summed E-state index contributed by atoms with van der Waals surface area (Å²) in [6, 6.07) is 3.90. The van der Waals surface area contributed by atoms with Gasteiger partial charge in [-0.05, 0) is 30.7 Å². The summed E-state index contributed by atoms with van der Waals surface area (Å²) in [7, 11) is 0. The molecule has 2 aromatic rings. The topological polar surface area (TPSA) is 41.9 Å². The molecule has 3 heterocycles. The molecule has 0 saturated carbocycles. The Hall–Kier alpha value is -1.07. The number of hydrogen-bond acceptors (Lipinski definition) is 5. The molecule has 0 radical (unpaired) electrons. The highest BCUT2D eigenvalue weighted by molar-refractivity contribution is 7.99. The van der Waals surface area contributed by atoms with Crippen LogP contribution in [0.15, 0.2) is 12.1 Å². The minimum absolute atomic E-state index is 0.293. The highest BCUT2D eigenvalue weighted by Crippen LogP contribution is 2.26. The summed E-state index contributed by atoms with van der Waals surface area (Å²) < 4.78 is 0. The number of thioether (sulfide) groups is 1. The highest BCUT2D eigenvalue weighted by atomic mass is 35.5. The number of halogens is 1. The van der Waals surface area contributed by atoms with Crippen molar-refractivity contribution in [2.45, 2.75) is 6.92 Å². The van der Waals surface area contributed by atoms with E-state index >= 15 is 0 Å². The summed E-state index contributed by atoms with van der Waals surface area (Å²) in [6.07, 6.45) is 0. The van der Waals surface area contributed by atoms with Gasteiger partial charge in [0.1, 0.15) is 5.52 Å². The molecule has 94 valence electrons. The number of aryl methyl sites for hydroxylation is 1. The van der Waals surface area contributed by atoms with E-state index in [4.69, 9.17) is 11.6 Å². The molecule has 0 aliphatic carbocycles. The van der Waals surface area contributed by atoms with E-state index in [-0.39, 0.29) is 0 Å². The van der Waals surface area contributed by atoms with E-state index in [2.05, 4.69) is 19.9 Å². The van der Waals surface area contributed by atoms with Gasteiger partial charge in [-0.15, -0.1) is 0 Å². The predicted molar refractivity (Wildman–Crippen MR) is 76.6 cm³/mol. The van der Waals surface area contributed by atoms with Crippen molar-refractivity contribution in [3.05, 3.63) is 23.1 Å². The van der Waals surface area contributed by atoms with Gasteiger partial charge in [0.15, 0.2) is 5.82 Å². The minimum Gasteiger partial charge on any atom is -0.353 e. The Bertz CT molecular complexity index is 584. The number of nitrogens with zero attached hydrogens (tertiary/aromatic N) is 4. The zero-order valence-corrected chi connectivity index (χ0v) is 11.6. The normalized spacial score (nSPS) is 16.2. The van der Waals surface area contributed by atoms with Crippen molar-refractivity contribution < 1.29 is 0 Å². The van der Waals surface area contributed by atoms with Crippen molar-refractivity contribution in [3.8, 4) is 0 Å². The molecule has 1 saturated heterocycles. The first-order valence-electron chi connectivity index (χ1n) is 5.87. The molecule has 1 aliphatic rings. The molecular weight excluding hydrogens is 268 g/mol. The van der Waals surface area contributed by atoms with E-state index in [1.54, 1.807) is 0 Å². The summed E-state index contributed by atoms with van der Waals surface area (Å²) >= 11 is 7.97. The van der Waals surface area contributed by atoms with Crippen LogP contribution in [0.3, 0.4) is 0 Å². The SMILES string of the molecule is Cc1ccc2nc(Cl)nc(N3CCSCC3)c2n1. The van der Waals surface area contributed by atoms with Crippen molar-refractivity contribution in [2.24, 2.45) is 0 Å². The Balaban J connectivity index is 2.16. The van der Waals surface area contributed by atoms with E-state index < -0.39 is 0 Å². The third kappa shape index (κ3) is 2.24. The maximum atomic E-state index is 6.00. The Kier molecular flexibility index (Phi) is 3.26.